The lowest BCUT2D eigenvalue weighted by Crippen LogP contribution is -2.06. The summed E-state index contributed by atoms with van der Waals surface area (Å²) in [7, 11) is 0. The minimum absolute atomic E-state index is 0.202. The molecule has 0 radical (unpaired) electrons. The average molecular weight is 379 g/mol. The summed E-state index contributed by atoms with van der Waals surface area (Å²) < 4.78 is 1.07. The first kappa shape index (κ1) is 15.2. The normalized spacial score (nSPS) is 12.4. The lowest BCUT2D eigenvalue weighted by Gasteiger charge is -2.17. The summed E-state index contributed by atoms with van der Waals surface area (Å²) >= 11 is 22.0. The van der Waals surface area contributed by atoms with Gasteiger partial charge in [-0.05, 0) is 29.7 Å². The molecule has 0 aliphatic rings. The van der Waals surface area contributed by atoms with Crippen molar-refractivity contribution >= 4 is 50.7 Å². The van der Waals surface area contributed by atoms with Gasteiger partial charge in [-0.2, -0.15) is 0 Å². The fourth-order valence-corrected chi connectivity index (χ4v) is 3.31. The Kier molecular flexibility index (Phi) is 5.58. The molecule has 2 rings (SSSR count). The highest BCUT2D eigenvalue weighted by Gasteiger charge is 2.16. The van der Waals surface area contributed by atoms with E-state index in [1.807, 2.05) is 30.3 Å². The molecule has 0 aliphatic heterocycles. The van der Waals surface area contributed by atoms with E-state index in [0.717, 1.165) is 16.5 Å². The van der Waals surface area contributed by atoms with Crippen molar-refractivity contribution in [2.45, 2.75) is 12.3 Å². The third-order valence-electron chi connectivity index (χ3n) is 3.03. The quantitative estimate of drug-likeness (QED) is 0.546. The van der Waals surface area contributed by atoms with Gasteiger partial charge in [0.1, 0.15) is 0 Å². The number of alkyl halides is 1. The Hall–Kier alpha value is -0.210. The van der Waals surface area contributed by atoms with Gasteiger partial charge < -0.3 is 0 Å². The smallest absolute Gasteiger partial charge is 0.0624 e. The third-order valence-corrected chi connectivity index (χ3v) is 4.98. The van der Waals surface area contributed by atoms with Crippen molar-refractivity contribution in [1.29, 1.82) is 0 Å². The SMILES string of the molecule is ClCC(Cc1cccc(Cl)c1Cl)c1ccccc1Br. The summed E-state index contributed by atoms with van der Waals surface area (Å²) in [4.78, 5) is 0. The minimum atomic E-state index is 0.202. The predicted molar refractivity (Wildman–Crippen MR) is 87.8 cm³/mol. The van der Waals surface area contributed by atoms with E-state index < -0.39 is 0 Å². The Morgan fingerprint density at radius 3 is 2.42 bits per heavy atom. The van der Waals surface area contributed by atoms with Crippen molar-refractivity contribution in [3.8, 4) is 0 Å². The van der Waals surface area contributed by atoms with E-state index in [1.54, 1.807) is 6.07 Å². The molecule has 0 aromatic heterocycles. The van der Waals surface area contributed by atoms with E-state index >= 15 is 0 Å². The highest BCUT2D eigenvalue weighted by molar-refractivity contribution is 9.10. The van der Waals surface area contributed by atoms with Crippen molar-refractivity contribution in [3.63, 3.8) is 0 Å². The highest BCUT2D eigenvalue weighted by Crippen LogP contribution is 2.33. The fraction of sp³-hybridized carbons (Fsp3) is 0.200. The van der Waals surface area contributed by atoms with Gasteiger partial charge in [0, 0.05) is 16.3 Å². The zero-order valence-electron chi connectivity index (χ0n) is 10.0. The van der Waals surface area contributed by atoms with Crippen LogP contribution in [0.15, 0.2) is 46.9 Å². The lowest BCUT2D eigenvalue weighted by atomic mass is 9.93. The topological polar surface area (TPSA) is 0 Å². The number of benzene rings is 2. The number of hydrogen-bond donors (Lipinski definition) is 0. The van der Waals surface area contributed by atoms with Gasteiger partial charge >= 0.3 is 0 Å². The van der Waals surface area contributed by atoms with E-state index in [-0.39, 0.29) is 5.92 Å². The van der Waals surface area contributed by atoms with Crippen molar-refractivity contribution in [3.05, 3.63) is 68.1 Å². The monoisotopic (exact) mass is 376 g/mol. The Bertz CT molecular complexity index is 569. The molecule has 0 spiro atoms. The van der Waals surface area contributed by atoms with Gasteiger partial charge in [0.15, 0.2) is 0 Å². The summed E-state index contributed by atoms with van der Waals surface area (Å²) in [6, 6.07) is 13.8. The van der Waals surface area contributed by atoms with Crippen LogP contribution in [0.5, 0.6) is 0 Å². The van der Waals surface area contributed by atoms with Crippen LogP contribution in [0.4, 0.5) is 0 Å². The van der Waals surface area contributed by atoms with Gasteiger partial charge in [0.25, 0.3) is 0 Å². The van der Waals surface area contributed by atoms with Crippen molar-refractivity contribution in [2.75, 3.05) is 5.88 Å². The van der Waals surface area contributed by atoms with Crippen molar-refractivity contribution in [2.24, 2.45) is 0 Å². The van der Waals surface area contributed by atoms with Crippen LogP contribution in [-0.2, 0) is 6.42 Å². The first-order chi connectivity index (χ1) is 9.13. The van der Waals surface area contributed by atoms with Gasteiger partial charge in [-0.1, -0.05) is 69.5 Å². The first-order valence-corrected chi connectivity index (χ1v) is 7.95. The van der Waals surface area contributed by atoms with Crippen LogP contribution < -0.4 is 0 Å². The molecule has 4 heteroatoms. The standard InChI is InChI=1S/C15H12BrCl3/c16-13-6-2-1-5-12(13)11(9-17)8-10-4-3-7-14(18)15(10)19/h1-7,11H,8-9H2. The molecule has 0 heterocycles. The number of hydrogen-bond acceptors (Lipinski definition) is 0. The second-order valence-electron chi connectivity index (χ2n) is 4.29. The average Bonchev–Trinajstić information content (AvgIpc) is 2.41. The molecule has 0 N–H and O–H groups in total. The Morgan fingerprint density at radius 2 is 1.74 bits per heavy atom. The second-order valence-corrected chi connectivity index (χ2v) is 6.24. The van der Waals surface area contributed by atoms with E-state index in [4.69, 9.17) is 34.8 Å². The van der Waals surface area contributed by atoms with Crippen LogP contribution >= 0.6 is 50.7 Å². The van der Waals surface area contributed by atoms with Crippen LogP contribution in [0.3, 0.4) is 0 Å². The second kappa shape index (κ2) is 6.99. The molecule has 19 heavy (non-hydrogen) atoms. The molecule has 1 atom stereocenters. The molecular weight excluding hydrogens is 366 g/mol. The maximum absolute atomic E-state index is 6.23. The van der Waals surface area contributed by atoms with Crippen LogP contribution in [0.25, 0.3) is 0 Å². The van der Waals surface area contributed by atoms with E-state index in [2.05, 4.69) is 22.0 Å². The first-order valence-electron chi connectivity index (χ1n) is 5.86. The van der Waals surface area contributed by atoms with Crippen molar-refractivity contribution < 1.29 is 0 Å². The third kappa shape index (κ3) is 3.66. The highest BCUT2D eigenvalue weighted by atomic mass is 79.9. The Morgan fingerprint density at radius 1 is 1.00 bits per heavy atom. The van der Waals surface area contributed by atoms with Gasteiger partial charge in [-0.25, -0.2) is 0 Å². The summed E-state index contributed by atoms with van der Waals surface area (Å²) in [5.41, 5.74) is 2.21. The van der Waals surface area contributed by atoms with Gasteiger partial charge in [-0.3, -0.25) is 0 Å². The molecule has 0 fully saturated rings. The number of rotatable bonds is 4. The Labute approximate surface area is 136 Å². The molecule has 0 amide bonds. The van der Waals surface area contributed by atoms with Gasteiger partial charge in [-0.15, -0.1) is 11.6 Å². The van der Waals surface area contributed by atoms with Crippen LogP contribution in [0.2, 0.25) is 10.0 Å². The minimum Gasteiger partial charge on any atom is -0.126 e. The fourth-order valence-electron chi connectivity index (χ4n) is 2.03. The molecule has 0 aliphatic carbocycles. The molecule has 2 aromatic rings. The maximum atomic E-state index is 6.23. The summed E-state index contributed by atoms with van der Waals surface area (Å²) in [6.07, 6.45) is 0.769. The molecular formula is C15H12BrCl3. The molecule has 0 saturated carbocycles. The van der Waals surface area contributed by atoms with E-state index in [9.17, 15) is 0 Å². The maximum Gasteiger partial charge on any atom is 0.0624 e. The summed E-state index contributed by atoms with van der Waals surface area (Å²) in [5, 5.41) is 1.20. The summed E-state index contributed by atoms with van der Waals surface area (Å²) in [6.45, 7) is 0. The zero-order chi connectivity index (χ0) is 13.8. The lowest BCUT2D eigenvalue weighted by molar-refractivity contribution is 0.762. The predicted octanol–water partition coefficient (Wildman–Crippen LogP) is 6.32. The Balaban J connectivity index is 2.30. The largest absolute Gasteiger partial charge is 0.126 e. The van der Waals surface area contributed by atoms with Crippen LogP contribution in [0, 0.1) is 0 Å². The molecule has 2 aromatic carbocycles. The van der Waals surface area contributed by atoms with Crippen molar-refractivity contribution in [1.82, 2.24) is 0 Å². The van der Waals surface area contributed by atoms with E-state index in [1.165, 1.54) is 5.56 Å². The van der Waals surface area contributed by atoms with Gasteiger partial charge in [0.05, 0.1) is 10.0 Å². The van der Waals surface area contributed by atoms with Crippen LogP contribution in [-0.4, -0.2) is 5.88 Å². The summed E-state index contributed by atoms with van der Waals surface area (Å²) in [5.74, 6) is 0.735. The molecule has 0 saturated heterocycles. The van der Waals surface area contributed by atoms with Crippen LogP contribution in [0.1, 0.15) is 17.0 Å². The molecule has 0 bridgehead atoms. The molecule has 0 nitrogen and oxygen atoms in total. The molecule has 100 valence electrons. The van der Waals surface area contributed by atoms with Gasteiger partial charge in [0.2, 0.25) is 0 Å². The molecule has 1 unspecified atom stereocenters. The zero-order valence-corrected chi connectivity index (χ0v) is 13.9. The number of halogens is 4. The van der Waals surface area contributed by atoms with E-state index in [0.29, 0.717) is 15.9 Å².